The molecular weight excluding hydrogens is 212 g/mol. The topological polar surface area (TPSA) is 29.5 Å². The zero-order chi connectivity index (χ0) is 10.7. The van der Waals surface area contributed by atoms with Crippen molar-refractivity contribution in [2.75, 3.05) is 19.1 Å². The molecule has 15 heavy (non-hydrogen) atoms. The van der Waals surface area contributed by atoms with Crippen molar-refractivity contribution in [3.8, 4) is 5.75 Å². The minimum Gasteiger partial charge on any atom is -0.508 e. The summed E-state index contributed by atoms with van der Waals surface area (Å²) in [6.07, 6.45) is 1.95. The smallest absolute Gasteiger partial charge is 0.115 e. The van der Waals surface area contributed by atoms with Crippen LogP contribution in [0.15, 0.2) is 24.3 Å². The first-order chi connectivity index (χ1) is 7.24. The minimum atomic E-state index is 0.0958. The van der Waals surface area contributed by atoms with Gasteiger partial charge in [0.05, 0.1) is 6.61 Å². The molecule has 1 aliphatic rings. The second-order valence-electron chi connectivity index (χ2n) is 4.28. The zero-order valence-corrected chi connectivity index (χ0v) is 9.33. The molecule has 1 fully saturated rings. The van der Waals surface area contributed by atoms with E-state index in [1.807, 2.05) is 12.1 Å². The Labute approximate surface area is 94.8 Å². The standard InChI is InChI=1S/C12H15ClO2/c13-8-12(5-6-15-9-12)7-10-1-3-11(14)4-2-10/h1-4,14H,5-9H2. The molecule has 2 rings (SSSR count). The number of halogens is 1. The molecule has 82 valence electrons. The van der Waals surface area contributed by atoms with Crippen LogP contribution in [0, 0.1) is 5.41 Å². The maximum Gasteiger partial charge on any atom is 0.115 e. The van der Waals surface area contributed by atoms with E-state index in [2.05, 4.69) is 0 Å². The summed E-state index contributed by atoms with van der Waals surface area (Å²) in [6.45, 7) is 1.56. The van der Waals surface area contributed by atoms with Gasteiger partial charge in [-0.05, 0) is 30.5 Å². The first-order valence-corrected chi connectivity index (χ1v) is 5.69. The van der Waals surface area contributed by atoms with Gasteiger partial charge in [0, 0.05) is 17.9 Å². The molecule has 0 amide bonds. The van der Waals surface area contributed by atoms with Crippen LogP contribution in [-0.4, -0.2) is 24.2 Å². The Kier molecular flexibility index (Phi) is 3.17. The van der Waals surface area contributed by atoms with Gasteiger partial charge < -0.3 is 9.84 Å². The molecule has 1 atom stereocenters. The van der Waals surface area contributed by atoms with Crippen LogP contribution in [0.2, 0.25) is 0 Å². The molecule has 2 nitrogen and oxygen atoms in total. The lowest BCUT2D eigenvalue weighted by molar-refractivity contribution is 0.161. The summed E-state index contributed by atoms with van der Waals surface area (Å²) in [4.78, 5) is 0. The number of aromatic hydroxyl groups is 1. The summed E-state index contributed by atoms with van der Waals surface area (Å²) in [6, 6.07) is 7.32. The van der Waals surface area contributed by atoms with Crippen LogP contribution in [0.25, 0.3) is 0 Å². The molecule has 0 radical (unpaired) electrons. The minimum absolute atomic E-state index is 0.0958. The molecule has 1 aliphatic heterocycles. The van der Waals surface area contributed by atoms with Crippen molar-refractivity contribution in [3.05, 3.63) is 29.8 Å². The van der Waals surface area contributed by atoms with Gasteiger partial charge in [-0.1, -0.05) is 12.1 Å². The lowest BCUT2D eigenvalue weighted by Crippen LogP contribution is -2.25. The lowest BCUT2D eigenvalue weighted by atomic mass is 9.83. The van der Waals surface area contributed by atoms with E-state index in [0.29, 0.717) is 11.6 Å². The number of phenols is 1. The van der Waals surface area contributed by atoms with E-state index < -0.39 is 0 Å². The summed E-state index contributed by atoms with van der Waals surface area (Å²) in [5.41, 5.74) is 1.30. The van der Waals surface area contributed by atoms with Crippen molar-refractivity contribution in [1.29, 1.82) is 0 Å². The number of phenolic OH excluding ortho intramolecular Hbond substituents is 1. The largest absolute Gasteiger partial charge is 0.508 e. The molecule has 1 unspecified atom stereocenters. The van der Waals surface area contributed by atoms with E-state index in [0.717, 1.165) is 26.1 Å². The molecule has 3 heteroatoms. The van der Waals surface area contributed by atoms with E-state index in [1.165, 1.54) is 5.56 Å². The van der Waals surface area contributed by atoms with Crippen LogP contribution >= 0.6 is 11.6 Å². The summed E-state index contributed by atoms with van der Waals surface area (Å²) in [7, 11) is 0. The number of alkyl halides is 1. The van der Waals surface area contributed by atoms with Crippen molar-refractivity contribution in [1.82, 2.24) is 0 Å². The zero-order valence-electron chi connectivity index (χ0n) is 8.58. The molecule has 1 aromatic carbocycles. The SMILES string of the molecule is Oc1ccc(CC2(CCl)CCOC2)cc1. The van der Waals surface area contributed by atoms with Crippen LogP contribution in [0.3, 0.4) is 0 Å². The quantitative estimate of drug-likeness (QED) is 0.803. The second kappa shape index (κ2) is 4.42. The van der Waals surface area contributed by atoms with Crippen molar-refractivity contribution in [2.45, 2.75) is 12.8 Å². The summed E-state index contributed by atoms with van der Waals surface area (Å²) in [5, 5.41) is 9.19. The van der Waals surface area contributed by atoms with Crippen LogP contribution in [0.4, 0.5) is 0 Å². The second-order valence-corrected chi connectivity index (χ2v) is 4.55. The van der Waals surface area contributed by atoms with E-state index in [-0.39, 0.29) is 5.41 Å². The third kappa shape index (κ3) is 2.44. The maximum absolute atomic E-state index is 9.19. The Morgan fingerprint density at radius 2 is 2.07 bits per heavy atom. The Morgan fingerprint density at radius 1 is 1.33 bits per heavy atom. The maximum atomic E-state index is 9.19. The van der Waals surface area contributed by atoms with Gasteiger partial charge in [0.2, 0.25) is 0 Å². The van der Waals surface area contributed by atoms with Crippen LogP contribution < -0.4 is 0 Å². The van der Waals surface area contributed by atoms with Crippen LogP contribution in [-0.2, 0) is 11.2 Å². The van der Waals surface area contributed by atoms with E-state index in [1.54, 1.807) is 12.1 Å². The number of hydrogen-bond acceptors (Lipinski definition) is 2. The molecule has 0 bridgehead atoms. The first-order valence-electron chi connectivity index (χ1n) is 5.16. The molecule has 1 N–H and O–H groups in total. The Bertz CT molecular complexity index is 315. The first kappa shape index (κ1) is 10.8. The molecule has 0 aromatic heterocycles. The number of hydrogen-bond donors (Lipinski definition) is 1. The molecule has 0 aliphatic carbocycles. The van der Waals surface area contributed by atoms with Gasteiger partial charge in [-0.2, -0.15) is 0 Å². The van der Waals surface area contributed by atoms with Gasteiger partial charge in [-0.3, -0.25) is 0 Å². The summed E-state index contributed by atoms with van der Waals surface area (Å²) in [5.74, 6) is 0.940. The highest BCUT2D eigenvalue weighted by Crippen LogP contribution is 2.34. The van der Waals surface area contributed by atoms with E-state index in [9.17, 15) is 5.11 Å². The third-order valence-electron chi connectivity index (χ3n) is 2.98. The highest BCUT2D eigenvalue weighted by Gasteiger charge is 2.34. The Morgan fingerprint density at radius 3 is 2.60 bits per heavy atom. The van der Waals surface area contributed by atoms with Gasteiger partial charge in [0.25, 0.3) is 0 Å². The van der Waals surface area contributed by atoms with Crippen molar-refractivity contribution >= 4 is 11.6 Å². The van der Waals surface area contributed by atoms with Crippen molar-refractivity contribution in [2.24, 2.45) is 5.41 Å². The molecule has 1 aromatic rings. The summed E-state index contributed by atoms with van der Waals surface area (Å²) < 4.78 is 5.41. The molecule has 0 saturated carbocycles. The molecule has 0 spiro atoms. The predicted molar refractivity (Wildman–Crippen MR) is 60.4 cm³/mol. The summed E-state index contributed by atoms with van der Waals surface area (Å²) >= 11 is 6.02. The number of benzene rings is 1. The highest BCUT2D eigenvalue weighted by atomic mass is 35.5. The fraction of sp³-hybridized carbons (Fsp3) is 0.500. The molecular formula is C12H15ClO2. The molecule has 1 heterocycles. The third-order valence-corrected chi connectivity index (χ3v) is 3.55. The van der Waals surface area contributed by atoms with Gasteiger partial charge in [-0.15, -0.1) is 11.6 Å². The fourth-order valence-corrected chi connectivity index (χ4v) is 2.29. The monoisotopic (exact) mass is 226 g/mol. The van der Waals surface area contributed by atoms with Crippen LogP contribution in [0.1, 0.15) is 12.0 Å². The Balaban J connectivity index is 2.09. The molecule has 1 saturated heterocycles. The van der Waals surface area contributed by atoms with Gasteiger partial charge in [-0.25, -0.2) is 0 Å². The average molecular weight is 227 g/mol. The highest BCUT2D eigenvalue weighted by molar-refractivity contribution is 6.18. The normalized spacial score (nSPS) is 25.7. The van der Waals surface area contributed by atoms with Crippen molar-refractivity contribution in [3.63, 3.8) is 0 Å². The average Bonchev–Trinajstić information content (AvgIpc) is 2.71. The lowest BCUT2D eigenvalue weighted by Gasteiger charge is -2.24. The number of rotatable bonds is 3. The van der Waals surface area contributed by atoms with Crippen molar-refractivity contribution < 1.29 is 9.84 Å². The van der Waals surface area contributed by atoms with E-state index >= 15 is 0 Å². The predicted octanol–water partition coefficient (Wildman–Crippen LogP) is 2.58. The van der Waals surface area contributed by atoms with Gasteiger partial charge >= 0.3 is 0 Å². The Hall–Kier alpha value is -0.730. The fourth-order valence-electron chi connectivity index (χ4n) is 1.99. The van der Waals surface area contributed by atoms with Crippen LogP contribution in [0.5, 0.6) is 5.75 Å². The van der Waals surface area contributed by atoms with Gasteiger partial charge in [0.15, 0.2) is 0 Å². The van der Waals surface area contributed by atoms with E-state index in [4.69, 9.17) is 16.3 Å². The van der Waals surface area contributed by atoms with Gasteiger partial charge in [0.1, 0.15) is 5.75 Å². The number of ether oxygens (including phenoxy) is 1.